The minimum Gasteiger partial charge on any atom is -0.383 e. The molecule has 0 radical (unpaired) electrons. The Bertz CT molecular complexity index is 1190. The zero-order valence-corrected chi connectivity index (χ0v) is 19.3. The molecule has 6 nitrogen and oxygen atoms in total. The first-order chi connectivity index (χ1) is 15.1. The largest absolute Gasteiger partial charge is 0.383 e. The molecule has 2 aromatic carbocycles. The Morgan fingerprint density at radius 1 is 1.00 bits per heavy atom. The minimum atomic E-state index is 0.585. The predicted molar refractivity (Wildman–Crippen MR) is 131 cm³/mol. The van der Waals surface area contributed by atoms with E-state index in [1.165, 1.54) is 0 Å². The first-order valence-corrected chi connectivity index (χ1v) is 10.8. The van der Waals surface area contributed by atoms with Crippen molar-refractivity contribution in [2.24, 2.45) is 0 Å². The summed E-state index contributed by atoms with van der Waals surface area (Å²) in [6.07, 6.45) is 1.55. The minimum absolute atomic E-state index is 0.585. The Morgan fingerprint density at radius 2 is 1.81 bits per heavy atom. The van der Waals surface area contributed by atoms with E-state index in [-0.39, 0.29) is 0 Å². The summed E-state index contributed by atoms with van der Waals surface area (Å²) < 4.78 is 6.19. The third-order valence-electron chi connectivity index (χ3n) is 5.02. The van der Waals surface area contributed by atoms with Crippen molar-refractivity contribution >= 4 is 38.5 Å². The molecule has 0 aliphatic rings. The van der Waals surface area contributed by atoms with Gasteiger partial charge in [-0.05, 0) is 41.5 Å². The van der Waals surface area contributed by atoms with Gasteiger partial charge in [0.2, 0.25) is 0 Å². The van der Waals surface area contributed by atoms with Gasteiger partial charge in [-0.3, -0.25) is 0 Å². The summed E-state index contributed by atoms with van der Waals surface area (Å²) in [6.45, 7) is 1.23. The Balaban J connectivity index is 1.90. The molecule has 0 bridgehead atoms. The second-order valence-corrected chi connectivity index (χ2v) is 8.26. The molecule has 31 heavy (non-hydrogen) atoms. The van der Waals surface area contributed by atoms with Crippen molar-refractivity contribution in [2.45, 2.75) is 0 Å². The van der Waals surface area contributed by atoms with E-state index in [0.717, 1.165) is 43.7 Å². The van der Waals surface area contributed by atoms with Crippen LogP contribution in [0.25, 0.3) is 33.4 Å². The number of pyridine rings is 1. The summed E-state index contributed by atoms with van der Waals surface area (Å²) in [5.41, 5.74) is 5.80. The Kier molecular flexibility index (Phi) is 6.44. The van der Waals surface area contributed by atoms with E-state index in [2.05, 4.69) is 78.6 Å². The lowest BCUT2D eigenvalue weighted by Crippen LogP contribution is -2.10. The lowest BCUT2D eigenvalue weighted by molar-refractivity contribution is 0.210. The van der Waals surface area contributed by atoms with Gasteiger partial charge in [0.25, 0.3) is 0 Å². The molecule has 7 heteroatoms. The normalized spacial score (nSPS) is 11.0. The standard InChI is InChI=1S/C24H24BrN5O/c1-30(2)19-9-7-16(8-10-19)21-14-20(17-5-4-6-18(25)13-17)22-23(26-11-12-31-3)27-15-28-24(22)29-21/h4-10,13-15H,11-12H2,1-3H3,(H,26,27,28,29). The van der Waals surface area contributed by atoms with Crippen LogP contribution in [0.4, 0.5) is 11.5 Å². The van der Waals surface area contributed by atoms with Gasteiger partial charge in [-0.1, -0.05) is 40.2 Å². The molecule has 0 unspecified atom stereocenters. The van der Waals surface area contributed by atoms with Crippen LogP contribution in [-0.2, 0) is 4.74 Å². The summed E-state index contributed by atoms with van der Waals surface area (Å²) in [7, 11) is 5.75. The fraction of sp³-hybridized carbons (Fsp3) is 0.208. The smallest absolute Gasteiger partial charge is 0.165 e. The zero-order chi connectivity index (χ0) is 21.8. The van der Waals surface area contributed by atoms with Crippen LogP contribution in [0.1, 0.15) is 0 Å². The number of hydrogen-bond donors (Lipinski definition) is 1. The lowest BCUT2D eigenvalue weighted by atomic mass is 9.99. The van der Waals surface area contributed by atoms with E-state index in [1.54, 1.807) is 13.4 Å². The fourth-order valence-electron chi connectivity index (χ4n) is 3.43. The molecule has 0 saturated carbocycles. The lowest BCUT2D eigenvalue weighted by Gasteiger charge is -2.15. The maximum atomic E-state index is 5.18. The third kappa shape index (κ3) is 4.68. The number of halogens is 1. The zero-order valence-electron chi connectivity index (χ0n) is 17.8. The quantitative estimate of drug-likeness (QED) is 0.367. The second kappa shape index (κ2) is 9.41. The highest BCUT2D eigenvalue weighted by Gasteiger charge is 2.15. The van der Waals surface area contributed by atoms with Gasteiger partial charge in [-0.25, -0.2) is 15.0 Å². The fourth-order valence-corrected chi connectivity index (χ4v) is 3.83. The number of fused-ring (bicyclic) bond motifs is 1. The number of nitrogens with one attached hydrogen (secondary N) is 1. The van der Waals surface area contributed by atoms with Crippen LogP contribution in [0.3, 0.4) is 0 Å². The van der Waals surface area contributed by atoms with E-state index >= 15 is 0 Å². The predicted octanol–water partition coefficient (Wildman–Crippen LogP) is 5.25. The molecular weight excluding hydrogens is 454 g/mol. The molecule has 2 aromatic heterocycles. The topological polar surface area (TPSA) is 63.2 Å². The number of methoxy groups -OCH3 is 1. The van der Waals surface area contributed by atoms with Crippen molar-refractivity contribution in [2.75, 3.05) is 44.6 Å². The van der Waals surface area contributed by atoms with Crippen molar-refractivity contribution in [1.82, 2.24) is 15.0 Å². The average molecular weight is 478 g/mol. The SMILES string of the molecule is COCCNc1ncnc2nc(-c3ccc(N(C)C)cc3)cc(-c3cccc(Br)c3)c12. The number of ether oxygens (including phenoxy) is 1. The van der Waals surface area contributed by atoms with Crippen molar-refractivity contribution in [3.05, 3.63) is 65.4 Å². The highest BCUT2D eigenvalue weighted by atomic mass is 79.9. The average Bonchev–Trinajstić information content (AvgIpc) is 2.78. The van der Waals surface area contributed by atoms with Crippen LogP contribution >= 0.6 is 15.9 Å². The number of nitrogens with zero attached hydrogens (tertiary/aromatic N) is 4. The van der Waals surface area contributed by atoms with Gasteiger partial charge in [-0.15, -0.1) is 0 Å². The van der Waals surface area contributed by atoms with Crippen molar-refractivity contribution in [1.29, 1.82) is 0 Å². The van der Waals surface area contributed by atoms with Crippen LogP contribution in [0, 0.1) is 0 Å². The molecule has 1 N–H and O–H groups in total. The molecule has 158 valence electrons. The number of rotatable bonds is 7. The molecule has 0 aliphatic heterocycles. The maximum absolute atomic E-state index is 5.18. The molecule has 4 rings (SSSR count). The Morgan fingerprint density at radius 3 is 2.52 bits per heavy atom. The van der Waals surface area contributed by atoms with Gasteiger partial charge in [0, 0.05) is 43.5 Å². The summed E-state index contributed by atoms with van der Waals surface area (Å²) in [6, 6.07) is 18.7. The summed E-state index contributed by atoms with van der Waals surface area (Å²) in [4.78, 5) is 15.9. The van der Waals surface area contributed by atoms with E-state index < -0.39 is 0 Å². The van der Waals surface area contributed by atoms with Gasteiger partial charge in [0.1, 0.15) is 12.1 Å². The van der Waals surface area contributed by atoms with Gasteiger partial charge in [0.05, 0.1) is 17.7 Å². The molecule has 0 amide bonds. The van der Waals surface area contributed by atoms with E-state index in [4.69, 9.17) is 9.72 Å². The molecule has 2 heterocycles. The molecular formula is C24H24BrN5O. The van der Waals surface area contributed by atoms with E-state index in [1.807, 2.05) is 26.2 Å². The molecule has 0 fully saturated rings. The van der Waals surface area contributed by atoms with Crippen LogP contribution < -0.4 is 10.2 Å². The van der Waals surface area contributed by atoms with Crippen LogP contribution in [-0.4, -0.2) is 49.3 Å². The van der Waals surface area contributed by atoms with Crippen LogP contribution in [0.5, 0.6) is 0 Å². The number of anilines is 2. The first kappa shape index (κ1) is 21.2. The molecule has 4 aromatic rings. The molecule has 0 spiro atoms. The Labute approximate surface area is 190 Å². The Hall–Kier alpha value is -3.03. The second-order valence-electron chi connectivity index (χ2n) is 7.35. The number of hydrogen-bond acceptors (Lipinski definition) is 6. The van der Waals surface area contributed by atoms with Crippen molar-refractivity contribution < 1.29 is 4.74 Å². The highest BCUT2D eigenvalue weighted by Crippen LogP contribution is 2.35. The third-order valence-corrected chi connectivity index (χ3v) is 5.51. The molecule has 0 saturated heterocycles. The van der Waals surface area contributed by atoms with Gasteiger partial charge >= 0.3 is 0 Å². The molecule has 0 aliphatic carbocycles. The highest BCUT2D eigenvalue weighted by molar-refractivity contribution is 9.10. The van der Waals surface area contributed by atoms with Crippen molar-refractivity contribution in [3.63, 3.8) is 0 Å². The van der Waals surface area contributed by atoms with Crippen molar-refractivity contribution in [3.8, 4) is 22.4 Å². The van der Waals surface area contributed by atoms with E-state index in [9.17, 15) is 0 Å². The molecule has 0 atom stereocenters. The maximum Gasteiger partial charge on any atom is 0.165 e. The van der Waals surface area contributed by atoms with Crippen LogP contribution in [0.15, 0.2) is 65.4 Å². The monoisotopic (exact) mass is 477 g/mol. The van der Waals surface area contributed by atoms with Gasteiger partial charge < -0.3 is 15.0 Å². The van der Waals surface area contributed by atoms with Crippen LogP contribution in [0.2, 0.25) is 0 Å². The summed E-state index contributed by atoms with van der Waals surface area (Å²) >= 11 is 3.59. The first-order valence-electron chi connectivity index (χ1n) is 9.99. The summed E-state index contributed by atoms with van der Waals surface area (Å²) in [5.74, 6) is 0.749. The summed E-state index contributed by atoms with van der Waals surface area (Å²) in [5, 5.41) is 4.25. The van der Waals surface area contributed by atoms with Gasteiger partial charge in [-0.2, -0.15) is 0 Å². The number of aromatic nitrogens is 3. The number of benzene rings is 2. The van der Waals surface area contributed by atoms with Gasteiger partial charge in [0.15, 0.2) is 5.65 Å². The van der Waals surface area contributed by atoms with E-state index in [0.29, 0.717) is 18.8 Å².